The number of hydrogen-bond donors (Lipinski definition) is 0. The maximum atomic E-state index is 8.20. The normalized spacial score (nSPS) is 24.8. The van der Waals surface area contributed by atoms with Crippen molar-refractivity contribution in [1.29, 1.82) is 0 Å². The third-order valence-electron chi connectivity index (χ3n) is 2.27. The second-order valence-electron chi connectivity index (χ2n) is 3.61. The SMILES string of the molecule is [2H]c1c([2H])c([2H])c(C(OCC([2H])([2H])N(C)C([2H])([2H])[2H])c2ccnn2C([2H])([2H])[2H])c([2H])c1[2H]. The highest BCUT2D eigenvalue weighted by Gasteiger charge is 2.17. The number of nitrogens with zero attached hydrogens (tertiary/aromatic N) is 3. The van der Waals surface area contributed by atoms with Crippen LogP contribution in [-0.2, 0) is 11.7 Å². The first-order chi connectivity index (χ1) is 14.4. The summed E-state index contributed by atoms with van der Waals surface area (Å²) in [5.74, 6) is 0. The zero-order chi connectivity index (χ0) is 24.8. The topological polar surface area (TPSA) is 30.3 Å². The van der Waals surface area contributed by atoms with E-state index < -0.39 is 68.9 Å². The number of rotatable bonds is 6. The first-order valence-electron chi connectivity index (χ1n) is 11.9. The van der Waals surface area contributed by atoms with Crippen LogP contribution >= 0.6 is 0 Å². The number of aromatic nitrogens is 2. The van der Waals surface area contributed by atoms with Crippen molar-refractivity contribution >= 4 is 0 Å². The monoisotopic (exact) mass is 272 g/mol. The zero-order valence-corrected chi connectivity index (χ0v) is 10.2. The lowest BCUT2D eigenvalue weighted by Gasteiger charge is -2.20. The summed E-state index contributed by atoms with van der Waals surface area (Å²) in [6.45, 7) is -9.15. The van der Waals surface area contributed by atoms with E-state index in [1.807, 2.05) is 0 Å². The Hall–Kier alpha value is -1.65. The predicted octanol–water partition coefficient (Wildman–Crippen LogP) is 2.09. The van der Waals surface area contributed by atoms with Crippen LogP contribution in [0.2, 0.25) is 0 Å². The Labute approximate surface area is 132 Å². The van der Waals surface area contributed by atoms with Crippen molar-refractivity contribution in [2.45, 2.75) is 6.10 Å². The minimum absolute atomic E-state index is 0.226. The van der Waals surface area contributed by atoms with Crippen molar-refractivity contribution in [2.75, 3.05) is 27.1 Å². The van der Waals surface area contributed by atoms with Gasteiger partial charge in [-0.2, -0.15) is 5.10 Å². The Balaban J connectivity index is 2.66. The maximum Gasteiger partial charge on any atom is 0.124 e. The fourth-order valence-electron chi connectivity index (χ4n) is 1.44. The summed E-state index contributed by atoms with van der Waals surface area (Å²) < 4.78 is 107. The molecule has 4 nitrogen and oxygen atoms in total. The molecule has 0 saturated carbocycles. The van der Waals surface area contributed by atoms with Gasteiger partial charge in [-0.05, 0) is 25.7 Å². The van der Waals surface area contributed by atoms with Crippen LogP contribution in [0.5, 0.6) is 0 Å². The van der Waals surface area contributed by atoms with Gasteiger partial charge in [0.2, 0.25) is 0 Å². The lowest BCUT2D eigenvalue weighted by atomic mass is 10.1. The standard InChI is InChI=1S/C15H21N3O/c1-17(2)11-12-19-15(13-7-5-4-6-8-13)14-9-10-16-18(14)3/h4-10,15H,11-12H2,1-3H3/i1D3,3D3,4D,5D,6D,7D,8D,11D2. The molecule has 0 saturated heterocycles. The molecule has 0 bridgehead atoms. The maximum absolute atomic E-state index is 8.20. The molecule has 0 spiro atoms. The smallest absolute Gasteiger partial charge is 0.124 e. The summed E-state index contributed by atoms with van der Waals surface area (Å²) in [6, 6.07) is -2.23. The molecule has 1 unspecified atom stereocenters. The highest BCUT2D eigenvalue weighted by atomic mass is 16.5. The van der Waals surface area contributed by atoms with Crippen LogP contribution in [0, 0.1) is 0 Å². The first-order valence-corrected chi connectivity index (χ1v) is 5.38. The van der Waals surface area contributed by atoms with E-state index in [-0.39, 0.29) is 5.69 Å². The summed E-state index contributed by atoms with van der Waals surface area (Å²) in [5.41, 5.74) is -0.662. The quantitative estimate of drug-likeness (QED) is 0.806. The van der Waals surface area contributed by atoms with E-state index >= 15 is 0 Å². The third-order valence-corrected chi connectivity index (χ3v) is 2.27. The number of likely N-dealkylation sites (N-methyl/N-ethyl adjacent to an activating group) is 1. The van der Waals surface area contributed by atoms with Gasteiger partial charge >= 0.3 is 0 Å². The van der Waals surface area contributed by atoms with Gasteiger partial charge in [0.05, 0.1) is 19.2 Å². The molecule has 0 aliphatic rings. The fourth-order valence-corrected chi connectivity index (χ4v) is 1.44. The molecule has 0 N–H and O–H groups in total. The van der Waals surface area contributed by atoms with Crippen LogP contribution < -0.4 is 0 Å². The third kappa shape index (κ3) is 3.66. The lowest BCUT2D eigenvalue weighted by molar-refractivity contribution is 0.0638. The van der Waals surface area contributed by atoms with Gasteiger partial charge in [-0.15, -0.1) is 0 Å². The van der Waals surface area contributed by atoms with Crippen molar-refractivity contribution in [2.24, 2.45) is 6.98 Å². The van der Waals surface area contributed by atoms with E-state index in [1.165, 1.54) is 6.07 Å². The van der Waals surface area contributed by atoms with Gasteiger partial charge in [-0.25, -0.2) is 0 Å². The minimum atomic E-state index is -2.82. The number of benzene rings is 1. The van der Waals surface area contributed by atoms with Gasteiger partial charge in [-0.3, -0.25) is 4.68 Å². The summed E-state index contributed by atoms with van der Waals surface area (Å²) in [4.78, 5) is 0.431. The molecule has 4 heteroatoms. The number of ether oxygens (including phenoxy) is 1. The second kappa shape index (κ2) is 6.50. The van der Waals surface area contributed by atoms with Gasteiger partial charge < -0.3 is 9.64 Å². The lowest BCUT2D eigenvalue weighted by Crippen LogP contribution is -2.20. The summed E-state index contributed by atoms with van der Waals surface area (Å²) in [7, 11) is 1.00. The predicted molar refractivity (Wildman–Crippen MR) is 76.0 cm³/mol. The molecule has 1 atom stereocenters. The van der Waals surface area contributed by atoms with Gasteiger partial charge in [0.15, 0.2) is 0 Å². The average molecular weight is 272 g/mol. The van der Waals surface area contributed by atoms with Crippen LogP contribution in [0.15, 0.2) is 42.5 Å². The molecule has 1 heterocycles. The van der Waals surface area contributed by atoms with Gasteiger partial charge in [0.1, 0.15) is 6.10 Å². The molecule has 0 aliphatic carbocycles. The summed E-state index contributed by atoms with van der Waals surface area (Å²) >= 11 is 0. The van der Waals surface area contributed by atoms with Crippen LogP contribution in [0.3, 0.4) is 0 Å². The Morgan fingerprint density at radius 1 is 1.53 bits per heavy atom. The zero-order valence-electron chi connectivity index (χ0n) is 23.2. The molecule has 102 valence electrons. The van der Waals surface area contributed by atoms with Crippen molar-refractivity contribution in [3.63, 3.8) is 0 Å². The summed E-state index contributed by atoms with van der Waals surface area (Å²) in [5, 5.41) is 3.70. The largest absolute Gasteiger partial charge is 0.366 e. The Morgan fingerprint density at radius 2 is 2.37 bits per heavy atom. The van der Waals surface area contributed by atoms with Crippen LogP contribution in [0.1, 0.15) is 35.2 Å². The molecule has 1 aromatic heterocycles. The molecule has 0 aliphatic heterocycles. The van der Waals surface area contributed by atoms with E-state index in [4.69, 9.17) is 22.6 Å². The number of hydrogen-bond acceptors (Lipinski definition) is 3. The molecule has 0 radical (unpaired) electrons. The molecular weight excluding hydrogens is 238 g/mol. The van der Waals surface area contributed by atoms with Crippen molar-refractivity contribution in [3.8, 4) is 0 Å². The van der Waals surface area contributed by atoms with E-state index in [0.29, 0.717) is 9.58 Å². The molecule has 19 heavy (non-hydrogen) atoms. The van der Waals surface area contributed by atoms with Crippen molar-refractivity contribution in [1.82, 2.24) is 14.7 Å². The average Bonchev–Trinajstić information content (AvgIpc) is 3.16. The number of aryl methyl sites for hydroxylation is 1. The molecule has 1 aromatic carbocycles. The second-order valence-corrected chi connectivity index (χ2v) is 3.61. The van der Waals surface area contributed by atoms with Crippen molar-refractivity contribution < 1.29 is 22.6 Å². The van der Waals surface area contributed by atoms with Gasteiger partial charge in [-0.1, -0.05) is 30.2 Å². The highest BCUT2D eigenvalue weighted by molar-refractivity contribution is 5.25. The minimum Gasteiger partial charge on any atom is -0.366 e. The fraction of sp³-hybridized carbons (Fsp3) is 0.400. The van der Waals surface area contributed by atoms with E-state index in [2.05, 4.69) is 5.10 Å². The Bertz CT molecular complexity index is 953. The van der Waals surface area contributed by atoms with Crippen LogP contribution in [0.25, 0.3) is 0 Å². The molecule has 2 aromatic rings. The van der Waals surface area contributed by atoms with E-state index in [9.17, 15) is 0 Å². The first kappa shape index (κ1) is 4.72. The molecule has 0 amide bonds. The van der Waals surface area contributed by atoms with Gasteiger partial charge in [0, 0.05) is 30.6 Å². The van der Waals surface area contributed by atoms with Crippen LogP contribution in [0.4, 0.5) is 0 Å². The summed E-state index contributed by atoms with van der Waals surface area (Å²) in [6.07, 6.45) is -0.553. The highest BCUT2D eigenvalue weighted by Crippen LogP contribution is 2.25. The van der Waals surface area contributed by atoms with Gasteiger partial charge in [0.25, 0.3) is 0 Å². The van der Waals surface area contributed by atoms with E-state index in [0.717, 1.165) is 13.2 Å². The van der Waals surface area contributed by atoms with Crippen molar-refractivity contribution in [3.05, 3.63) is 53.7 Å². The van der Waals surface area contributed by atoms with E-state index in [1.54, 1.807) is 0 Å². The molecular formula is C15H21N3O. The molecule has 2 rings (SSSR count). The molecule has 0 fully saturated rings. The Kier molecular flexibility index (Phi) is 1.61. The Morgan fingerprint density at radius 3 is 3.11 bits per heavy atom. The van der Waals surface area contributed by atoms with Crippen LogP contribution in [-0.4, -0.2) is 41.8 Å².